The predicted molar refractivity (Wildman–Crippen MR) is 61.3 cm³/mol. The number of carbonyl (C=O) groups is 1. The fraction of sp³-hybridized carbons (Fsp3) is 0.636. The number of hydrogen-bond acceptors (Lipinski definition) is 3. The predicted octanol–water partition coefficient (Wildman–Crippen LogP) is 0.387. The van der Waals surface area contributed by atoms with Gasteiger partial charge in [0.2, 0.25) is 0 Å². The number of rotatable bonds is 1. The summed E-state index contributed by atoms with van der Waals surface area (Å²) in [7, 11) is 3.51. The summed E-state index contributed by atoms with van der Waals surface area (Å²) in [5.41, 5.74) is 2.74. The monoisotopic (exact) mass is 222 g/mol. The molecule has 0 fully saturated rings. The van der Waals surface area contributed by atoms with E-state index >= 15 is 0 Å². The molecule has 0 atom stereocenters. The number of aryl methyl sites for hydroxylation is 1. The summed E-state index contributed by atoms with van der Waals surface area (Å²) in [4.78, 5) is 13.5. The number of nitrogens with one attached hydrogen (secondary N) is 1. The van der Waals surface area contributed by atoms with E-state index in [0.717, 1.165) is 37.3 Å². The molecule has 2 heterocycles. The lowest BCUT2D eigenvalue weighted by atomic mass is 10.2. The lowest BCUT2D eigenvalue weighted by Crippen LogP contribution is -2.23. The van der Waals surface area contributed by atoms with Gasteiger partial charge in [-0.15, -0.1) is 0 Å². The highest BCUT2D eigenvalue weighted by Crippen LogP contribution is 2.16. The van der Waals surface area contributed by atoms with E-state index in [-0.39, 0.29) is 5.91 Å². The maximum Gasteiger partial charge on any atom is 0.274 e. The van der Waals surface area contributed by atoms with E-state index in [1.807, 2.05) is 11.6 Å². The van der Waals surface area contributed by atoms with Gasteiger partial charge in [0.15, 0.2) is 5.69 Å². The number of aromatic nitrogens is 2. The summed E-state index contributed by atoms with van der Waals surface area (Å²) in [6.07, 6.45) is 1.06. The van der Waals surface area contributed by atoms with Gasteiger partial charge in [0.25, 0.3) is 5.91 Å². The molecule has 1 aliphatic rings. The number of amides is 1. The first-order valence-corrected chi connectivity index (χ1v) is 5.60. The highest BCUT2D eigenvalue weighted by Gasteiger charge is 2.21. The molecule has 88 valence electrons. The summed E-state index contributed by atoms with van der Waals surface area (Å²) < 4.78 is 1.96. The van der Waals surface area contributed by atoms with E-state index in [4.69, 9.17) is 0 Å². The van der Waals surface area contributed by atoms with Gasteiger partial charge in [-0.25, -0.2) is 0 Å². The molecule has 0 unspecified atom stereocenters. The zero-order valence-electron chi connectivity index (χ0n) is 10.1. The Labute approximate surface area is 95.4 Å². The molecule has 5 nitrogen and oxygen atoms in total. The Morgan fingerprint density at radius 3 is 2.94 bits per heavy atom. The van der Waals surface area contributed by atoms with Gasteiger partial charge < -0.3 is 10.2 Å². The third-order valence-corrected chi connectivity index (χ3v) is 2.95. The normalized spacial score (nSPS) is 15.4. The molecule has 0 aliphatic carbocycles. The molecule has 16 heavy (non-hydrogen) atoms. The number of hydrogen-bond donors (Lipinski definition) is 1. The summed E-state index contributed by atoms with van der Waals surface area (Å²) in [5, 5.41) is 7.76. The zero-order chi connectivity index (χ0) is 11.7. The van der Waals surface area contributed by atoms with Crippen LogP contribution < -0.4 is 5.32 Å². The summed E-state index contributed by atoms with van der Waals surface area (Å²) >= 11 is 0. The Balaban J connectivity index is 2.39. The topological polar surface area (TPSA) is 50.2 Å². The fourth-order valence-corrected chi connectivity index (χ4v) is 1.97. The first-order valence-electron chi connectivity index (χ1n) is 5.60. The van der Waals surface area contributed by atoms with Gasteiger partial charge in [0, 0.05) is 32.7 Å². The van der Waals surface area contributed by atoms with Crippen molar-refractivity contribution in [2.75, 3.05) is 20.6 Å². The van der Waals surface area contributed by atoms with Crippen molar-refractivity contribution < 1.29 is 4.79 Å². The summed E-state index contributed by atoms with van der Waals surface area (Å²) in [5.74, 6) is -0.0157. The zero-order valence-corrected chi connectivity index (χ0v) is 10.1. The van der Waals surface area contributed by atoms with Crippen molar-refractivity contribution in [2.45, 2.75) is 26.4 Å². The Bertz CT molecular complexity index is 408. The number of carbonyl (C=O) groups excluding carboxylic acids is 1. The van der Waals surface area contributed by atoms with Crippen molar-refractivity contribution in [3.05, 3.63) is 17.0 Å². The quantitative estimate of drug-likeness (QED) is 0.747. The Hall–Kier alpha value is -1.36. The molecule has 2 rings (SSSR count). The molecule has 5 heteroatoms. The van der Waals surface area contributed by atoms with Crippen LogP contribution in [0.5, 0.6) is 0 Å². The van der Waals surface area contributed by atoms with Crippen LogP contribution in [-0.2, 0) is 13.1 Å². The van der Waals surface area contributed by atoms with Crippen molar-refractivity contribution in [3.8, 4) is 0 Å². The van der Waals surface area contributed by atoms with Crippen molar-refractivity contribution in [1.82, 2.24) is 20.0 Å². The van der Waals surface area contributed by atoms with Crippen LogP contribution in [0.4, 0.5) is 0 Å². The van der Waals surface area contributed by atoms with Gasteiger partial charge in [-0.3, -0.25) is 9.48 Å². The molecule has 0 bridgehead atoms. The molecule has 0 saturated carbocycles. The van der Waals surface area contributed by atoms with Crippen LogP contribution in [0.2, 0.25) is 0 Å². The number of fused-ring (bicyclic) bond motifs is 1. The molecular weight excluding hydrogens is 204 g/mol. The lowest BCUT2D eigenvalue weighted by Gasteiger charge is -2.08. The van der Waals surface area contributed by atoms with E-state index in [1.54, 1.807) is 19.0 Å². The van der Waals surface area contributed by atoms with Gasteiger partial charge in [-0.05, 0) is 19.9 Å². The van der Waals surface area contributed by atoms with Crippen LogP contribution in [0.1, 0.15) is 28.2 Å². The van der Waals surface area contributed by atoms with Crippen molar-refractivity contribution >= 4 is 5.91 Å². The van der Waals surface area contributed by atoms with E-state index in [9.17, 15) is 4.79 Å². The molecule has 0 aromatic carbocycles. The van der Waals surface area contributed by atoms with Crippen LogP contribution in [-0.4, -0.2) is 41.2 Å². The van der Waals surface area contributed by atoms with Crippen LogP contribution in [0.25, 0.3) is 0 Å². The SMILES string of the molecule is Cc1c(C(=O)N(C)C)nn2c1CNCCC2. The third kappa shape index (κ3) is 1.82. The molecule has 0 spiro atoms. The second-order valence-corrected chi connectivity index (χ2v) is 4.37. The molecule has 1 aromatic heterocycles. The molecule has 1 aliphatic heterocycles. The van der Waals surface area contributed by atoms with Crippen molar-refractivity contribution in [2.24, 2.45) is 0 Å². The van der Waals surface area contributed by atoms with E-state index in [1.165, 1.54) is 0 Å². The second-order valence-electron chi connectivity index (χ2n) is 4.37. The smallest absolute Gasteiger partial charge is 0.274 e. The minimum Gasteiger partial charge on any atom is -0.343 e. The van der Waals surface area contributed by atoms with Crippen LogP contribution in [0.3, 0.4) is 0 Å². The highest BCUT2D eigenvalue weighted by molar-refractivity contribution is 5.93. The van der Waals surface area contributed by atoms with Gasteiger partial charge in [0.05, 0.1) is 5.69 Å². The Morgan fingerprint density at radius 2 is 2.25 bits per heavy atom. The molecule has 0 radical (unpaired) electrons. The first-order chi connectivity index (χ1) is 7.61. The van der Waals surface area contributed by atoms with Crippen molar-refractivity contribution in [1.29, 1.82) is 0 Å². The van der Waals surface area contributed by atoms with Crippen LogP contribution >= 0.6 is 0 Å². The molecular formula is C11H18N4O. The Kier molecular flexibility index (Phi) is 2.96. The van der Waals surface area contributed by atoms with Crippen LogP contribution in [0.15, 0.2) is 0 Å². The van der Waals surface area contributed by atoms with E-state index in [0.29, 0.717) is 5.69 Å². The van der Waals surface area contributed by atoms with Gasteiger partial charge >= 0.3 is 0 Å². The minimum atomic E-state index is -0.0157. The summed E-state index contributed by atoms with van der Waals surface area (Å²) in [6, 6.07) is 0. The third-order valence-electron chi connectivity index (χ3n) is 2.95. The largest absolute Gasteiger partial charge is 0.343 e. The maximum atomic E-state index is 11.9. The number of nitrogens with zero attached hydrogens (tertiary/aromatic N) is 3. The molecule has 1 aromatic rings. The van der Waals surface area contributed by atoms with Gasteiger partial charge in [-0.2, -0.15) is 5.10 Å². The molecule has 1 amide bonds. The molecule has 0 saturated heterocycles. The lowest BCUT2D eigenvalue weighted by molar-refractivity contribution is 0.0820. The second kappa shape index (κ2) is 4.25. The first kappa shape index (κ1) is 11.1. The average Bonchev–Trinajstić information content (AvgIpc) is 2.45. The van der Waals surface area contributed by atoms with Gasteiger partial charge in [0.1, 0.15) is 0 Å². The Morgan fingerprint density at radius 1 is 1.50 bits per heavy atom. The van der Waals surface area contributed by atoms with E-state index in [2.05, 4.69) is 10.4 Å². The standard InChI is InChI=1S/C11H18N4O/c1-8-9-7-12-5-4-6-15(9)13-10(8)11(16)14(2)3/h12H,4-7H2,1-3H3. The van der Waals surface area contributed by atoms with E-state index < -0.39 is 0 Å². The maximum absolute atomic E-state index is 11.9. The minimum absolute atomic E-state index is 0.0157. The van der Waals surface area contributed by atoms with Crippen LogP contribution in [0, 0.1) is 6.92 Å². The fourth-order valence-electron chi connectivity index (χ4n) is 1.97. The van der Waals surface area contributed by atoms with Crippen molar-refractivity contribution in [3.63, 3.8) is 0 Å². The highest BCUT2D eigenvalue weighted by atomic mass is 16.2. The summed E-state index contributed by atoms with van der Waals surface area (Å²) in [6.45, 7) is 4.69. The molecule has 1 N–H and O–H groups in total. The average molecular weight is 222 g/mol. The van der Waals surface area contributed by atoms with Gasteiger partial charge in [-0.1, -0.05) is 0 Å².